The maximum Gasteiger partial charge on any atom is 0.263 e. The Bertz CT molecular complexity index is 784. The van der Waals surface area contributed by atoms with Crippen LogP contribution < -0.4 is 10.0 Å². The molecule has 1 heterocycles. The number of halogens is 1. The lowest BCUT2D eigenvalue weighted by molar-refractivity contribution is 0.601. The van der Waals surface area contributed by atoms with Crippen molar-refractivity contribution in [1.29, 1.82) is 0 Å². The molecule has 25 heavy (non-hydrogen) atoms. The van der Waals surface area contributed by atoms with Crippen molar-refractivity contribution >= 4 is 33.1 Å². The first-order valence-electron chi connectivity index (χ1n) is 8.54. The summed E-state index contributed by atoms with van der Waals surface area (Å²) in [5, 5.41) is 3.99. The highest BCUT2D eigenvalue weighted by Gasteiger charge is 2.15. The summed E-state index contributed by atoms with van der Waals surface area (Å²) in [5.74, 6) is 0.293. The van der Waals surface area contributed by atoms with Crippen LogP contribution in [-0.2, 0) is 10.0 Å². The molecule has 0 atom stereocenters. The van der Waals surface area contributed by atoms with Crippen LogP contribution in [0.4, 0.5) is 11.5 Å². The molecule has 1 fully saturated rings. The predicted molar refractivity (Wildman–Crippen MR) is 102 cm³/mol. The Hall–Kier alpha value is -1.79. The molecule has 3 rings (SSSR count). The average Bonchev–Trinajstić information content (AvgIpc) is 2.85. The minimum Gasteiger partial charge on any atom is -0.381 e. The molecule has 0 aliphatic heterocycles. The number of nitrogens with one attached hydrogen (secondary N) is 2. The van der Waals surface area contributed by atoms with Gasteiger partial charge in [-0.25, -0.2) is 13.4 Å². The number of pyridine rings is 1. The number of rotatable bonds is 5. The second-order valence-corrected chi connectivity index (χ2v) is 8.44. The lowest BCUT2D eigenvalue weighted by Crippen LogP contribution is -2.18. The molecule has 1 aliphatic rings. The molecule has 1 aromatic heterocycles. The summed E-state index contributed by atoms with van der Waals surface area (Å²) in [7, 11) is -3.67. The maximum atomic E-state index is 12.3. The van der Waals surface area contributed by atoms with Gasteiger partial charge in [0.05, 0.1) is 16.8 Å². The Morgan fingerprint density at radius 1 is 0.960 bits per heavy atom. The molecular weight excluding hydrogens is 358 g/mol. The Morgan fingerprint density at radius 2 is 1.64 bits per heavy atom. The molecule has 134 valence electrons. The van der Waals surface area contributed by atoms with Crippen LogP contribution in [0.25, 0.3) is 0 Å². The quantitative estimate of drug-likeness (QED) is 0.740. The Balaban J connectivity index is 1.64. The lowest BCUT2D eigenvalue weighted by atomic mass is 10.1. The molecule has 1 aromatic carbocycles. The fourth-order valence-electron chi connectivity index (χ4n) is 3.01. The third kappa shape index (κ3) is 5.09. The molecule has 0 bridgehead atoms. The standard InChI is InChI=1S/C18H22ClN3O2S/c19-14-7-10-17(11-8-14)25(23,24)22-18-12-9-16(13-20-18)21-15-5-3-1-2-4-6-15/h7-13,15,21H,1-6H2,(H,20,22). The highest BCUT2D eigenvalue weighted by Crippen LogP contribution is 2.22. The van der Waals surface area contributed by atoms with E-state index in [2.05, 4.69) is 15.0 Å². The van der Waals surface area contributed by atoms with E-state index in [9.17, 15) is 8.42 Å². The molecule has 1 aliphatic carbocycles. The van der Waals surface area contributed by atoms with Crippen LogP contribution in [0.1, 0.15) is 38.5 Å². The molecule has 0 spiro atoms. The molecule has 0 saturated heterocycles. The molecule has 5 nitrogen and oxygen atoms in total. The molecule has 0 radical (unpaired) electrons. The fourth-order valence-corrected chi connectivity index (χ4v) is 4.14. The zero-order chi connectivity index (χ0) is 17.7. The first-order chi connectivity index (χ1) is 12.0. The van der Waals surface area contributed by atoms with Gasteiger partial charge in [-0.2, -0.15) is 0 Å². The van der Waals surface area contributed by atoms with Gasteiger partial charge in [-0.05, 0) is 49.2 Å². The van der Waals surface area contributed by atoms with Gasteiger partial charge in [-0.15, -0.1) is 0 Å². The SMILES string of the molecule is O=S(=O)(Nc1ccc(NC2CCCCCC2)cn1)c1ccc(Cl)cc1. The minimum absolute atomic E-state index is 0.152. The summed E-state index contributed by atoms with van der Waals surface area (Å²) >= 11 is 5.80. The number of aromatic nitrogens is 1. The van der Waals surface area contributed by atoms with Gasteiger partial charge in [0.25, 0.3) is 10.0 Å². The zero-order valence-corrected chi connectivity index (χ0v) is 15.5. The van der Waals surface area contributed by atoms with E-state index in [0.717, 1.165) is 5.69 Å². The van der Waals surface area contributed by atoms with E-state index in [4.69, 9.17) is 11.6 Å². The number of hydrogen-bond donors (Lipinski definition) is 2. The fraction of sp³-hybridized carbons (Fsp3) is 0.389. The van der Waals surface area contributed by atoms with Crippen LogP contribution in [-0.4, -0.2) is 19.4 Å². The van der Waals surface area contributed by atoms with Gasteiger partial charge in [-0.1, -0.05) is 37.3 Å². The van der Waals surface area contributed by atoms with E-state index in [-0.39, 0.29) is 4.90 Å². The summed E-state index contributed by atoms with van der Waals surface area (Å²) in [5.41, 5.74) is 0.918. The summed E-state index contributed by atoms with van der Waals surface area (Å²) in [4.78, 5) is 4.37. The van der Waals surface area contributed by atoms with Crippen LogP contribution in [0.15, 0.2) is 47.5 Å². The van der Waals surface area contributed by atoms with Gasteiger partial charge in [0.15, 0.2) is 0 Å². The third-order valence-electron chi connectivity index (χ3n) is 4.35. The van der Waals surface area contributed by atoms with Crippen molar-refractivity contribution in [3.63, 3.8) is 0 Å². The predicted octanol–water partition coefficient (Wildman–Crippen LogP) is 4.67. The van der Waals surface area contributed by atoms with E-state index < -0.39 is 10.0 Å². The van der Waals surface area contributed by atoms with Gasteiger partial charge >= 0.3 is 0 Å². The molecule has 0 unspecified atom stereocenters. The highest BCUT2D eigenvalue weighted by atomic mass is 35.5. The monoisotopic (exact) mass is 379 g/mol. The van der Waals surface area contributed by atoms with Crippen LogP contribution in [0.5, 0.6) is 0 Å². The molecule has 0 amide bonds. The van der Waals surface area contributed by atoms with Crippen LogP contribution in [0.3, 0.4) is 0 Å². The summed E-state index contributed by atoms with van der Waals surface area (Å²) < 4.78 is 27.2. The topological polar surface area (TPSA) is 71.1 Å². The van der Waals surface area contributed by atoms with E-state index >= 15 is 0 Å². The Morgan fingerprint density at radius 3 is 2.24 bits per heavy atom. The van der Waals surface area contributed by atoms with Crippen LogP contribution >= 0.6 is 11.6 Å². The van der Waals surface area contributed by atoms with Gasteiger partial charge in [-0.3, -0.25) is 4.72 Å². The third-order valence-corrected chi connectivity index (χ3v) is 5.97. The minimum atomic E-state index is -3.67. The van der Waals surface area contributed by atoms with Crippen molar-refractivity contribution in [2.75, 3.05) is 10.0 Å². The number of nitrogens with zero attached hydrogens (tertiary/aromatic N) is 1. The van der Waals surface area contributed by atoms with Crippen molar-refractivity contribution in [3.8, 4) is 0 Å². The van der Waals surface area contributed by atoms with E-state index in [1.807, 2.05) is 6.07 Å². The maximum absolute atomic E-state index is 12.3. The van der Waals surface area contributed by atoms with Gasteiger partial charge in [0, 0.05) is 11.1 Å². The molecular formula is C18H22ClN3O2S. The van der Waals surface area contributed by atoms with Crippen molar-refractivity contribution in [2.45, 2.75) is 49.5 Å². The first kappa shape index (κ1) is 18.0. The van der Waals surface area contributed by atoms with Gasteiger partial charge in [0.1, 0.15) is 5.82 Å². The molecule has 7 heteroatoms. The summed E-state index contributed by atoms with van der Waals surface area (Å²) in [6, 6.07) is 10.0. The van der Waals surface area contributed by atoms with Gasteiger partial charge in [0.2, 0.25) is 0 Å². The summed E-state index contributed by atoms with van der Waals surface area (Å²) in [6.07, 6.45) is 9.14. The smallest absolute Gasteiger partial charge is 0.263 e. The lowest BCUT2D eigenvalue weighted by Gasteiger charge is -2.17. The average molecular weight is 380 g/mol. The largest absolute Gasteiger partial charge is 0.381 e. The van der Waals surface area contributed by atoms with Crippen molar-refractivity contribution in [2.24, 2.45) is 0 Å². The van der Waals surface area contributed by atoms with Crippen LogP contribution in [0, 0.1) is 0 Å². The van der Waals surface area contributed by atoms with Crippen molar-refractivity contribution < 1.29 is 8.42 Å². The van der Waals surface area contributed by atoms with Crippen molar-refractivity contribution in [1.82, 2.24) is 4.98 Å². The van der Waals surface area contributed by atoms with Gasteiger partial charge < -0.3 is 5.32 Å². The van der Waals surface area contributed by atoms with Crippen LogP contribution in [0.2, 0.25) is 5.02 Å². The molecule has 2 aromatic rings. The molecule has 2 N–H and O–H groups in total. The number of anilines is 2. The van der Waals surface area contributed by atoms with E-state index in [1.165, 1.54) is 50.7 Å². The zero-order valence-electron chi connectivity index (χ0n) is 13.9. The first-order valence-corrected chi connectivity index (χ1v) is 10.4. The number of sulfonamides is 1. The van der Waals surface area contributed by atoms with E-state index in [1.54, 1.807) is 24.4 Å². The highest BCUT2D eigenvalue weighted by molar-refractivity contribution is 7.92. The molecule has 1 saturated carbocycles. The van der Waals surface area contributed by atoms with Crippen molar-refractivity contribution in [3.05, 3.63) is 47.6 Å². The number of benzene rings is 1. The Kier molecular flexibility index (Phi) is 5.81. The van der Waals surface area contributed by atoms with E-state index in [0.29, 0.717) is 16.9 Å². The summed E-state index contributed by atoms with van der Waals surface area (Å²) in [6.45, 7) is 0. The second kappa shape index (κ2) is 8.06. The Labute approximate surface area is 153 Å². The number of hydrogen-bond acceptors (Lipinski definition) is 4. The second-order valence-electron chi connectivity index (χ2n) is 6.32. The normalized spacial score (nSPS) is 16.2.